The van der Waals surface area contributed by atoms with Crippen molar-refractivity contribution in [3.63, 3.8) is 0 Å². The van der Waals surface area contributed by atoms with Crippen molar-refractivity contribution >= 4 is 11.6 Å². The van der Waals surface area contributed by atoms with E-state index in [0.717, 1.165) is 25.8 Å². The van der Waals surface area contributed by atoms with Gasteiger partial charge in [-0.15, -0.1) is 0 Å². The molecule has 0 aromatic heterocycles. The highest BCUT2D eigenvalue weighted by molar-refractivity contribution is 6.31. The fourth-order valence-electron chi connectivity index (χ4n) is 3.51. The molecule has 0 amide bonds. The standard InChI is InChI=1S/C21H23ClN2O3/c22-20-4-1-5-21(19(20)12-23)27-14-18(26)13-24-10-2-3-16(24)11-15-6-8-17(25)9-7-15/h1,4-9,16,18,25-26H,2-3,10-11,13-14H2/t16-,18?/m0/s1. The molecule has 2 atom stereocenters. The maximum absolute atomic E-state index is 10.4. The normalized spacial score (nSPS) is 18.2. The van der Waals surface area contributed by atoms with Crippen molar-refractivity contribution in [1.29, 1.82) is 5.26 Å². The van der Waals surface area contributed by atoms with Gasteiger partial charge in [0.25, 0.3) is 0 Å². The largest absolute Gasteiger partial charge is 0.508 e. The molecule has 1 fully saturated rings. The molecule has 2 aromatic carbocycles. The summed E-state index contributed by atoms with van der Waals surface area (Å²) in [7, 11) is 0. The number of likely N-dealkylation sites (tertiary alicyclic amines) is 1. The Morgan fingerprint density at radius 2 is 2.04 bits per heavy atom. The zero-order valence-corrected chi connectivity index (χ0v) is 15.8. The molecule has 0 saturated carbocycles. The van der Waals surface area contributed by atoms with Crippen molar-refractivity contribution < 1.29 is 14.9 Å². The Balaban J connectivity index is 1.54. The molecule has 1 aliphatic rings. The number of hydrogen-bond donors (Lipinski definition) is 2. The zero-order chi connectivity index (χ0) is 19.2. The van der Waals surface area contributed by atoms with Crippen LogP contribution in [-0.2, 0) is 6.42 Å². The molecule has 6 heteroatoms. The molecule has 2 N–H and O–H groups in total. The number of ether oxygens (including phenoxy) is 1. The summed E-state index contributed by atoms with van der Waals surface area (Å²) in [5.41, 5.74) is 1.46. The Bertz CT molecular complexity index is 804. The maximum Gasteiger partial charge on any atom is 0.138 e. The first-order valence-electron chi connectivity index (χ1n) is 9.08. The lowest BCUT2D eigenvalue weighted by Gasteiger charge is -2.27. The van der Waals surface area contributed by atoms with Crippen LogP contribution in [0.5, 0.6) is 11.5 Å². The van der Waals surface area contributed by atoms with Crippen LogP contribution in [0.2, 0.25) is 5.02 Å². The maximum atomic E-state index is 10.4. The number of phenols is 1. The van der Waals surface area contributed by atoms with Crippen molar-refractivity contribution in [1.82, 2.24) is 4.90 Å². The van der Waals surface area contributed by atoms with E-state index in [4.69, 9.17) is 16.3 Å². The van der Waals surface area contributed by atoms with Gasteiger partial charge in [0, 0.05) is 12.6 Å². The summed E-state index contributed by atoms with van der Waals surface area (Å²) >= 11 is 6.00. The molecule has 3 rings (SSSR count). The first-order valence-corrected chi connectivity index (χ1v) is 9.46. The fraction of sp³-hybridized carbons (Fsp3) is 0.381. The van der Waals surface area contributed by atoms with E-state index in [-0.39, 0.29) is 17.9 Å². The summed E-state index contributed by atoms with van der Waals surface area (Å²) in [5, 5.41) is 29.3. The minimum absolute atomic E-state index is 0.109. The predicted molar refractivity (Wildman–Crippen MR) is 104 cm³/mol. The van der Waals surface area contributed by atoms with Gasteiger partial charge in [-0.2, -0.15) is 5.26 Å². The summed E-state index contributed by atoms with van der Waals surface area (Å²) in [6.45, 7) is 1.57. The van der Waals surface area contributed by atoms with Crippen molar-refractivity contribution in [3.8, 4) is 17.6 Å². The molecule has 2 aromatic rings. The van der Waals surface area contributed by atoms with Gasteiger partial charge in [-0.25, -0.2) is 0 Å². The van der Waals surface area contributed by atoms with E-state index >= 15 is 0 Å². The lowest BCUT2D eigenvalue weighted by Crippen LogP contribution is -2.39. The zero-order valence-electron chi connectivity index (χ0n) is 15.0. The molecule has 1 heterocycles. The van der Waals surface area contributed by atoms with Crippen LogP contribution in [0.4, 0.5) is 0 Å². The number of halogens is 1. The third-order valence-corrected chi connectivity index (χ3v) is 5.19. The highest BCUT2D eigenvalue weighted by atomic mass is 35.5. The monoisotopic (exact) mass is 386 g/mol. The number of aliphatic hydroxyl groups excluding tert-OH is 1. The highest BCUT2D eigenvalue weighted by Crippen LogP contribution is 2.26. The summed E-state index contributed by atoms with van der Waals surface area (Å²) in [6, 6.07) is 14.7. The topological polar surface area (TPSA) is 76.7 Å². The van der Waals surface area contributed by atoms with Gasteiger partial charge in [0.05, 0.1) is 5.02 Å². The van der Waals surface area contributed by atoms with Crippen LogP contribution in [0, 0.1) is 11.3 Å². The van der Waals surface area contributed by atoms with E-state index < -0.39 is 6.10 Å². The number of nitrogens with zero attached hydrogens (tertiary/aromatic N) is 2. The molecule has 1 unspecified atom stereocenters. The van der Waals surface area contributed by atoms with Gasteiger partial charge in [-0.05, 0) is 55.6 Å². The molecule has 142 valence electrons. The van der Waals surface area contributed by atoms with Gasteiger partial charge in [-0.1, -0.05) is 29.8 Å². The van der Waals surface area contributed by atoms with E-state index in [1.54, 1.807) is 30.3 Å². The van der Waals surface area contributed by atoms with Crippen LogP contribution in [0.3, 0.4) is 0 Å². The minimum Gasteiger partial charge on any atom is -0.508 e. The highest BCUT2D eigenvalue weighted by Gasteiger charge is 2.26. The molecule has 0 bridgehead atoms. The number of hydrogen-bond acceptors (Lipinski definition) is 5. The van der Waals surface area contributed by atoms with E-state index in [1.165, 1.54) is 5.56 Å². The average molecular weight is 387 g/mol. The first-order chi connectivity index (χ1) is 13.1. The summed E-state index contributed by atoms with van der Waals surface area (Å²) in [4.78, 5) is 2.28. The molecule has 5 nitrogen and oxygen atoms in total. The van der Waals surface area contributed by atoms with E-state index in [0.29, 0.717) is 23.4 Å². The van der Waals surface area contributed by atoms with Crippen LogP contribution in [0.15, 0.2) is 42.5 Å². The Kier molecular flexibility index (Phi) is 6.57. The second kappa shape index (κ2) is 9.09. The number of phenolic OH excluding ortho intramolecular Hbond substituents is 1. The van der Waals surface area contributed by atoms with Crippen LogP contribution >= 0.6 is 11.6 Å². The van der Waals surface area contributed by atoms with Crippen molar-refractivity contribution in [2.24, 2.45) is 0 Å². The van der Waals surface area contributed by atoms with Gasteiger partial charge >= 0.3 is 0 Å². The number of aromatic hydroxyl groups is 1. The number of benzene rings is 2. The Labute approximate surface area is 164 Å². The Hall–Kier alpha value is -2.26. The molecular formula is C21H23ClN2O3. The van der Waals surface area contributed by atoms with Gasteiger partial charge in [0.2, 0.25) is 0 Å². The van der Waals surface area contributed by atoms with Gasteiger partial charge in [0.1, 0.15) is 35.8 Å². The summed E-state index contributed by atoms with van der Waals surface area (Å²) in [6.07, 6.45) is 2.42. The second-order valence-corrected chi connectivity index (χ2v) is 7.26. The predicted octanol–water partition coefficient (Wildman–Crippen LogP) is 3.36. The van der Waals surface area contributed by atoms with E-state index in [2.05, 4.69) is 4.90 Å². The van der Waals surface area contributed by atoms with Gasteiger partial charge < -0.3 is 14.9 Å². The summed E-state index contributed by atoms with van der Waals surface area (Å²) in [5.74, 6) is 0.665. The summed E-state index contributed by atoms with van der Waals surface area (Å²) < 4.78 is 5.64. The van der Waals surface area contributed by atoms with E-state index in [1.807, 2.05) is 18.2 Å². The lowest BCUT2D eigenvalue weighted by molar-refractivity contribution is 0.0639. The minimum atomic E-state index is -0.657. The first kappa shape index (κ1) is 19.5. The quantitative estimate of drug-likeness (QED) is 0.763. The fourth-order valence-corrected chi connectivity index (χ4v) is 3.72. The lowest BCUT2D eigenvalue weighted by atomic mass is 10.0. The number of nitriles is 1. The van der Waals surface area contributed by atoms with Crippen molar-refractivity contribution in [3.05, 3.63) is 58.6 Å². The number of rotatable bonds is 7. The molecule has 0 radical (unpaired) electrons. The molecule has 0 spiro atoms. The van der Waals surface area contributed by atoms with Crippen molar-refractivity contribution in [2.45, 2.75) is 31.4 Å². The van der Waals surface area contributed by atoms with Gasteiger partial charge in [0.15, 0.2) is 0 Å². The Morgan fingerprint density at radius 1 is 1.26 bits per heavy atom. The smallest absolute Gasteiger partial charge is 0.138 e. The van der Waals surface area contributed by atoms with Crippen LogP contribution < -0.4 is 4.74 Å². The van der Waals surface area contributed by atoms with Crippen LogP contribution in [-0.4, -0.2) is 47.0 Å². The van der Waals surface area contributed by atoms with E-state index in [9.17, 15) is 15.5 Å². The number of aliphatic hydroxyl groups is 1. The molecule has 1 saturated heterocycles. The van der Waals surface area contributed by atoms with Crippen molar-refractivity contribution in [2.75, 3.05) is 19.7 Å². The third kappa shape index (κ3) is 5.14. The molecule has 0 aliphatic carbocycles. The SMILES string of the molecule is N#Cc1c(Cl)cccc1OCC(O)CN1CCC[C@H]1Cc1ccc(O)cc1. The Morgan fingerprint density at radius 3 is 2.78 bits per heavy atom. The molecular weight excluding hydrogens is 364 g/mol. The third-order valence-electron chi connectivity index (χ3n) is 4.87. The van der Waals surface area contributed by atoms with Gasteiger partial charge in [-0.3, -0.25) is 4.90 Å². The van der Waals surface area contributed by atoms with Crippen LogP contribution in [0.25, 0.3) is 0 Å². The average Bonchev–Trinajstić information content (AvgIpc) is 3.08. The van der Waals surface area contributed by atoms with Crippen LogP contribution in [0.1, 0.15) is 24.0 Å². The molecule has 27 heavy (non-hydrogen) atoms. The second-order valence-electron chi connectivity index (χ2n) is 6.85. The number of β-amino-alcohol motifs (C(OH)–C–C–N with tert-alkyl or cyclic N) is 1. The molecule has 1 aliphatic heterocycles.